The van der Waals surface area contributed by atoms with Gasteiger partial charge in [-0.2, -0.15) is 5.26 Å². The fraction of sp³-hybridized carbons (Fsp3) is 0.280. The molecule has 0 aliphatic heterocycles. The molecule has 5 heteroatoms. The van der Waals surface area contributed by atoms with Crippen LogP contribution in [0.25, 0.3) is 11.1 Å². The summed E-state index contributed by atoms with van der Waals surface area (Å²) in [5, 5.41) is 9.10. The van der Waals surface area contributed by atoms with Gasteiger partial charge in [0.1, 0.15) is 5.82 Å². The summed E-state index contributed by atoms with van der Waals surface area (Å²) in [5.41, 5.74) is 11.0. The SMILES string of the molecule is CCCCc1c(-c2ccc(C#N)cc2)c(C(N)=O)c(C)n1CCc1ccccc1F. The van der Waals surface area contributed by atoms with Gasteiger partial charge in [0, 0.05) is 23.5 Å². The van der Waals surface area contributed by atoms with Gasteiger partial charge >= 0.3 is 0 Å². The Bertz CT molecular complexity index is 1090. The summed E-state index contributed by atoms with van der Waals surface area (Å²) in [6.07, 6.45) is 3.28. The van der Waals surface area contributed by atoms with Crippen LogP contribution in [0.15, 0.2) is 48.5 Å². The predicted molar refractivity (Wildman–Crippen MR) is 117 cm³/mol. The molecule has 4 nitrogen and oxygen atoms in total. The molecule has 0 atom stereocenters. The number of aromatic nitrogens is 1. The molecule has 1 heterocycles. The fourth-order valence-corrected chi connectivity index (χ4v) is 3.96. The van der Waals surface area contributed by atoms with Gasteiger partial charge in [-0.25, -0.2) is 4.39 Å². The molecule has 2 aromatic carbocycles. The standard InChI is InChI=1S/C25H26FN3O/c1-3-4-9-22-24(20-12-10-18(16-27)11-13-20)23(25(28)30)17(2)29(22)15-14-19-7-5-6-8-21(19)26/h5-8,10-13H,3-4,9,14-15H2,1-2H3,(H2,28,30). The van der Waals surface area contributed by atoms with Crippen LogP contribution < -0.4 is 5.73 Å². The van der Waals surface area contributed by atoms with Crippen molar-refractivity contribution < 1.29 is 9.18 Å². The van der Waals surface area contributed by atoms with Gasteiger partial charge in [-0.15, -0.1) is 0 Å². The number of halogens is 1. The van der Waals surface area contributed by atoms with Gasteiger partial charge in [0.15, 0.2) is 0 Å². The number of rotatable bonds is 8. The Kier molecular flexibility index (Phi) is 6.68. The summed E-state index contributed by atoms with van der Waals surface area (Å²) in [5.74, 6) is -0.700. The number of benzene rings is 2. The average molecular weight is 404 g/mol. The van der Waals surface area contributed by atoms with E-state index in [1.165, 1.54) is 6.07 Å². The quantitative estimate of drug-likeness (QED) is 0.564. The van der Waals surface area contributed by atoms with Crippen LogP contribution in [0, 0.1) is 24.1 Å². The molecule has 0 saturated heterocycles. The first-order valence-electron chi connectivity index (χ1n) is 10.2. The van der Waals surface area contributed by atoms with Crippen LogP contribution in [0.5, 0.6) is 0 Å². The van der Waals surface area contributed by atoms with E-state index in [-0.39, 0.29) is 5.82 Å². The monoisotopic (exact) mass is 403 g/mol. The first-order chi connectivity index (χ1) is 14.5. The Morgan fingerprint density at radius 1 is 1.13 bits per heavy atom. The normalized spacial score (nSPS) is 10.7. The third-order valence-electron chi connectivity index (χ3n) is 5.51. The maximum absolute atomic E-state index is 14.1. The molecule has 1 aromatic heterocycles. The molecular formula is C25H26FN3O. The highest BCUT2D eigenvalue weighted by atomic mass is 19.1. The highest BCUT2D eigenvalue weighted by molar-refractivity contribution is 6.02. The van der Waals surface area contributed by atoms with Gasteiger partial charge < -0.3 is 10.3 Å². The molecule has 0 unspecified atom stereocenters. The minimum absolute atomic E-state index is 0.222. The van der Waals surface area contributed by atoms with Gasteiger partial charge in [-0.3, -0.25) is 4.79 Å². The second-order valence-electron chi connectivity index (χ2n) is 7.43. The fourth-order valence-electron chi connectivity index (χ4n) is 3.96. The first kappa shape index (κ1) is 21.3. The van der Waals surface area contributed by atoms with Crippen molar-refractivity contribution in [1.82, 2.24) is 4.57 Å². The van der Waals surface area contributed by atoms with Gasteiger partial charge in [0.2, 0.25) is 0 Å². The van der Waals surface area contributed by atoms with Crippen molar-refractivity contribution in [2.45, 2.75) is 46.1 Å². The number of unbranched alkanes of at least 4 members (excludes halogenated alkanes) is 1. The molecule has 2 N–H and O–H groups in total. The van der Waals surface area contributed by atoms with Crippen molar-refractivity contribution in [3.05, 3.63) is 82.4 Å². The number of carbonyl (C=O) groups is 1. The number of nitrogens with two attached hydrogens (primary N) is 1. The lowest BCUT2D eigenvalue weighted by Crippen LogP contribution is -2.14. The second kappa shape index (κ2) is 9.41. The Morgan fingerprint density at radius 2 is 1.83 bits per heavy atom. The van der Waals surface area contributed by atoms with Gasteiger partial charge in [0.25, 0.3) is 5.91 Å². The topological polar surface area (TPSA) is 71.8 Å². The Morgan fingerprint density at radius 3 is 2.43 bits per heavy atom. The van der Waals surface area contributed by atoms with Crippen molar-refractivity contribution in [3.63, 3.8) is 0 Å². The highest BCUT2D eigenvalue weighted by Crippen LogP contribution is 2.34. The minimum atomic E-state index is -0.478. The number of hydrogen-bond acceptors (Lipinski definition) is 2. The number of nitrogens with zero attached hydrogens (tertiary/aromatic N) is 2. The molecule has 0 saturated carbocycles. The summed E-state index contributed by atoms with van der Waals surface area (Å²) in [6.45, 7) is 4.57. The highest BCUT2D eigenvalue weighted by Gasteiger charge is 2.24. The average Bonchev–Trinajstić information content (AvgIpc) is 3.03. The Balaban J connectivity index is 2.12. The summed E-state index contributed by atoms with van der Waals surface area (Å²) in [7, 11) is 0. The molecule has 154 valence electrons. The van der Waals surface area contributed by atoms with E-state index in [4.69, 9.17) is 11.0 Å². The van der Waals surface area contributed by atoms with Crippen molar-refractivity contribution >= 4 is 5.91 Å². The maximum atomic E-state index is 14.1. The lowest BCUT2D eigenvalue weighted by Gasteiger charge is -2.14. The molecule has 30 heavy (non-hydrogen) atoms. The lowest BCUT2D eigenvalue weighted by molar-refractivity contribution is 0.1000. The third-order valence-corrected chi connectivity index (χ3v) is 5.51. The molecule has 0 radical (unpaired) electrons. The molecule has 0 fully saturated rings. The van der Waals surface area contributed by atoms with E-state index >= 15 is 0 Å². The van der Waals surface area contributed by atoms with E-state index in [2.05, 4.69) is 17.6 Å². The molecular weight excluding hydrogens is 377 g/mol. The zero-order valence-corrected chi connectivity index (χ0v) is 17.4. The first-order valence-corrected chi connectivity index (χ1v) is 10.2. The largest absolute Gasteiger partial charge is 0.366 e. The number of hydrogen-bond donors (Lipinski definition) is 1. The van der Waals surface area contributed by atoms with Crippen molar-refractivity contribution in [3.8, 4) is 17.2 Å². The number of aryl methyl sites for hydroxylation is 1. The van der Waals surface area contributed by atoms with Crippen LogP contribution in [0.3, 0.4) is 0 Å². The smallest absolute Gasteiger partial charge is 0.251 e. The number of primary amides is 1. The van der Waals surface area contributed by atoms with E-state index in [0.717, 1.165) is 41.8 Å². The van der Waals surface area contributed by atoms with Crippen molar-refractivity contribution in [2.75, 3.05) is 0 Å². The summed E-state index contributed by atoms with van der Waals surface area (Å²) in [6, 6.07) is 16.1. The van der Waals surface area contributed by atoms with E-state index in [0.29, 0.717) is 29.7 Å². The number of nitriles is 1. The minimum Gasteiger partial charge on any atom is -0.366 e. The van der Waals surface area contributed by atoms with Crippen LogP contribution in [0.2, 0.25) is 0 Å². The van der Waals surface area contributed by atoms with E-state index in [1.807, 2.05) is 25.1 Å². The zero-order valence-electron chi connectivity index (χ0n) is 17.4. The molecule has 0 aliphatic rings. The summed E-state index contributed by atoms with van der Waals surface area (Å²) >= 11 is 0. The van der Waals surface area contributed by atoms with Crippen molar-refractivity contribution in [1.29, 1.82) is 5.26 Å². The maximum Gasteiger partial charge on any atom is 0.251 e. The number of amides is 1. The van der Waals surface area contributed by atoms with E-state index in [9.17, 15) is 9.18 Å². The number of carbonyl (C=O) groups excluding carboxylic acids is 1. The van der Waals surface area contributed by atoms with Crippen LogP contribution in [0.1, 0.15) is 52.6 Å². The van der Waals surface area contributed by atoms with E-state index < -0.39 is 5.91 Å². The summed E-state index contributed by atoms with van der Waals surface area (Å²) in [4.78, 5) is 12.4. The van der Waals surface area contributed by atoms with Gasteiger partial charge in [0.05, 0.1) is 17.2 Å². The molecule has 0 aliphatic carbocycles. The lowest BCUT2D eigenvalue weighted by atomic mass is 9.97. The van der Waals surface area contributed by atoms with Crippen LogP contribution in [0.4, 0.5) is 4.39 Å². The van der Waals surface area contributed by atoms with Crippen molar-refractivity contribution in [2.24, 2.45) is 5.73 Å². The Hall–Kier alpha value is -3.39. The van der Waals surface area contributed by atoms with Crippen LogP contribution in [-0.4, -0.2) is 10.5 Å². The van der Waals surface area contributed by atoms with Gasteiger partial charge in [-0.05, 0) is 55.5 Å². The van der Waals surface area contributed by atoms with E-state index in [1.54, 1.807) is 24.3 Å². The summed E-state index contributed by atoms with van der Waals surface area (Å²) < 4.78 is 16.2. The van der Waals surface area contributed by atoms with Gasteiger partial charge in [-0.1, -0.05) is 43.7 Å². The molecule has 3 rings (SSSR count). The third kappa shape index (κ3) is 4.28. The molecule has 0 spiro atoms. The van der Waals surface area contributed by atoms with Crippen LogP contribution in [-0.2, 0) is 19.4 Å². The zero-order chi connectivity index (χ0) is 21.7. The van der Waals surface area contributed by atoms with Crippen LogP contribution >= 0.6 is 0 Å². The molecule has 3 aromatic rings. The Labute approximate surface area is 176 Å². The molecule has 1 amide bonds. The molecule has 0 bridgehead atoms. The predicted octanol–water partition coefficient (Wildman–Crippen LogP) is 5.16. The second-order valence-corrected chi connectivity index (χ2v) is 7.43.